The van der Waals surface area contributed by atoms with Crippen molar-refractivity contribution in [3.05, 3.63) is 69.3 Å². The molecular formula is C15H16INO. The second kappa shape index (κ2) is 6.31. The lowest BCUT2D eigenvalue weighted by atomic mass is 9.97. The monoisotopic (exact) mass is 353 g/mol. The molecule has 0 saturated carbocycles. The molecule has 0 fully saturated rings. The predicted octanol–water partition coefficient (Wildman–Crippen LogP) is 2.89. The predicted molar refractivity (Wildman–Crippen MR) is 82.2 cm³/mol. The van der Waals surface area contributed by atoms with Crippen LogP contribution >= 0.6 is 22.6 Å². The third kappa shape index (κ3) is 3.54. The smallest absolute Gasteiger partial charge is 0.0773 e. The van der Waals surface area contributed by atoms with Crippen LogP contribution in [0.3, 0.4) is 0 Å². The summed E-state index contributed by atoms with van der Waals surface area (Å²) in [5, 5.41) is 10.2. The van der Waals surface area contributed by atoms with Crippen molar-refractivity contribution in [2.45, 2.75) is 18.6 Å². The van der Waals surface area contributed by atoms with Gasteiger partial charge in [0.15, 0.2) is 0 Å². The van der Waals surface area contributed by atoms with Crippen LogP contribution in [0.1, 0.15) is 17.2 Å². The fourth-order valence-corrected chi connectivity index (χ4v) is 2.25. The van der Waals surface area contributed by atoms with Gasteiger partial charge in [-0.25, -0.2) is 0 Å². The molecule has 0 radical (unpaired) electrons. The normalized spacial score (nSPS) is 14.2. The molecule has 0 aromatic heterocycles. The van der Waals surface area contributed by atoms with Crippen molar-refractivity contribution in [2.75, 3.05) is 0 Å². The molecule has 2 rings (SSSR count). The van der Waals surface area contributed by atoms with Gasteiger partial charge in [-0.05, 0) is 45.9 Å². The van der Waals surface area contributed by atoms with Gasteiger partial charge in [-0.2, -0.15) is 0 Å². The molecule has 0 saturated heterocycles. The fraction of sp³-hybridized carbons (Fsp3) is 0.200. The van der Waals surface area contributed by atoms with E-state index in [2.05, 4.69) is 22.6 Å². The Balaban J connectivity index is 2.05. The van der Waals surface area contributed by atoms with Crippen LogP contribution in [-0.2, 0) is 6.42 Å². The first-order valence-electron chi connectivity index (χ1n) is 5.90. The van der Waals surface area contributed by atoms with Crippen molar-refractivity contribution < 1.29 is 5.11 Å². The van der Waals surface area contributed by atoms with Crippen LogP contribution in [0.25, 0.3) is 0 Å². The highest BCUT2D eigenvalue weighted by Crippen LogP contribution is 2.18. The summed E-state index contributed by atoms with van der Waals surface area (Å²) in [4.78, 5) is 0. The molecule has 2 aromatic carbocycles. The van der Waals surface area contributed by atoms with Crippen molar-refractivity contribution in [3.63, 3.8) is 0 Å². The Hall–Kier alpha value is -0.910. The Morgan fingerprint density at radius 2 is 1.61 bits per heavy atom. The van der Waals surface area contributed by atoms with Gasteiger partial charge >= 0.3 is 0 Å². The summed E-state index contributed by atoms with van der Waals surface area (Å²) in [6.45, 7) is 0. The largest absolute Gasteiger partial charge is 0.391 e. The van der Waals surface area contributed by atoms with E-state index in [1.165, 1.54) is 3.57 Å². The minimum Gasteiger partial charge on any atom is -0.391 e. The highest BCUT2D eigenvalue weighted by Gasteiger charge is 2.16. The first-order chi connectivity index (χ1) is 8.66. The van der Waals surface area contributed by atoms with E-state index in [1.54, 1.807) is 0 Å². The van der Waals surface area contributed by atoms with Crippen LogP contribution in [0.2, 0.25) is 0 Å². The lowest BCUT2D eigenvalue weighted by Gasteiger charge is -2.19. The van der Waals surface area contributed by atoms with Gasteiger partial charge in [0, 0.05) is 9.99 Å². The first-order valence-corrected chi connectivity index (χ1v) is 6.98. The van der Waals surface area contributed by atoms with E-state index >= 15 is 0 Å². The molecule has 0 aliphatic rings. The van der Waals surface area contributed by atoms with Crippen molar-refractivity contribution in [3.8, 4) is 0 Å². The maximum absolute atomic E-state index is 10.2. The molecule has 2 nitrogen and oxygen atoms in total. The van der Waals surface area contributed by atoms with E-state index in [9.17, 15) is 5.11 Å². The first kappa shape index (κ1) is 13.5. The molecule has 2 atom stereocenters. The number of rotatable bonds is 4. The average Bonchev–Trinajstić information content (AvgIpc) is 2.40. The molecule has 94 valence electrons. The van der Waals surface area contributed by atoms with E-state index in [0.29, 0.717) is 6.42 Å². The van der Waals surface area contributed by atoms with E-state index in [0.717, 1.165) is 11.1 Å². The SMILES string of the molecule is N[C@H](c1ccc(I)cc1)[C@@H](O)Cc1ccccc1. The number of nitrogens with two attached hydrogens (primary N) is 1. The Morgan fingerprint density at radius 1 is 1.00 bits per heavy atom. The van der Waals surface area contributed by atoms with Crippen molar-refractivity contribution in [1.82, 2.24) is 0 Å². The molecule has 0 unspecified atom stereocenters. The number of aliphatic hydroxyl groups is 1. The highest BCUT2D eigenvalue weighted by molar-refractivity contribution is 14.1. The minimum atomic E-state index is -0.563. The zero-order valence-corrected chi connectivity index (χ0v) is 12.1. The van der Waals surface area contributed by atoms with Crippen molar-refractivity contribution in [1.29, 1.82) is 0 Å². The van der Waals surface area contributed by atoms with Gasteiger partial charge in [0.05, 0.1) is 12.1 Å². The number of benzene rings is 2. The Bertz CT molecular complexity index is 484. The average molecular weight is 353 g/mol. The maximum atomic E-state index is 10.2. The Labute approximate surface area is 121 Å². The molecule has 3 heteroatoms. The fourth-order valence-electron chi connectivity index (χ4n) is 1.89. The molecule has 3 N–H and O–H groups in total. The summed E-state index contributed by atoms with van der Waals surface area (Å²) in [6, 6.07) is 17.5. The maximum Gasteiger partial charge on any atom is 0.0773 e. The summed E-state index contributed by atoms with van der Waals surface area (Å²) in [6.07, 6.45) is 0.0148. The van der Waals surface area contributed by atoms with Gasteiger partial charge in [-0.3, -0.25) is 0 Å². The third-order valence-electron chi connectivity index (χ3n) is 2.96. The van der Waals surface area contributed by atoms with E-state index in [1.807, 2.05) is 54.6 Å². The quantitative estimate of drug-likeness (QED) is 0.831. The molecule has 18 heavy (non-hydrogen) atoms. The number of aliphatic hydroxyl groups excluding tert-OH is 1. The summed E-state index contributed by atoms with van der Waals surface area (Å²) < 4.78 is 1.17. The molecule has 0 bridgehead atoms. The van der Waals surface area contributed by atoms with Crippen LogP contribution < -0.4 is 5.73 Å². The summed E-state index contributed by atoms with van der Waals surface area (Å²) in [5.41, 5.74) is 8.16. The zero-order valence-electron chi connectivity index (χ0n) is 9.96. The summed E-state index contributed by atoms with van der Waals surface area (Å²) >= 11 is 2.25. The van der Waals surface area contributed by atoms with E-state index < -0.39 is 6.10 Å². The van der Waals surface area contributed by atoms with Gasteiger partial charge in [0.2, 0.25) is 0 Å². The summed E-state index contributed by atoms with van der Waals surface area (Å²) in [7, 11) is 0. The van der Waals surface area contributed by atoms with Crippen molar-refractivity contribution >= 4 is 22.6 Å². The van der Waals surface area contributed by atoms with Crippen LogP contribution in [0.15, 0.2) is 54.6 Å². The van der Waals surface area contributed by atoms with E-state index in [-0.39, 0.29) is 6.04 Å². The second-order valence-corrected chi connectivity index (χ2v) is 5.58. The third-order valence-corrected chi connectivity index (χ3v) is 3.68. The van der Waals surface area contributed by atoms with Gasteiger partial charge < -0.3 is 10.8 Å². The van der Waals surface area contributed by atoms with Gasteiger partial charge in [-0.15, -0.1) is 0 Å². The Morgan fingerprint density at radius 3 is 2.22 bits per heavy atom. The molecular weight excluding hydrogens is 337 g/mol. The number of hydrogen-bond donors (Lipinski definition) is 2. The topological polar surface area (TPSA) is 46.2 Å². The minimum absolute atomic E-state index is 0.345. The van der Waals surface area contributed by atoms with E-state index in [4.69, 9.17) is 5.73 Å². The summed E-state index contributed by atoms with van der Waals surface area (Å²) in [5.74, 6) is 0. The molecule has 0 spiro atoms. The Kier molecular flexibility index (Phi) is 4.74. The lowest BCUT2D eigenvalue weighted by molar-refractivity contribution is 0.145. The van der Waals surface area contributed by atoms with Gasteiger partial charge in [0.1, 0.15) is 0 Å². The highest BCUT2D eigenvalue weighted by atomic mass is 127. The van der Waals surface area contributed by atoms with Gasteiger partial charge in [-0.1, -0.05) is 42.5 Å². The van der Waals surface area contributed by atoms with Crippen LogP contribution in [0.4, 0.5) is 0 Å². The van der Waals surface area contributed by atoms with Gasteiger partial charge in [0.25, 0.3) is 0 Å². The zero-order chi connectivity index (χ0) is 13.0. The van der Waals surface area contributed by atoms with Crippen LogP contribution in [0, 0.1) is 3.57 Å². The number of hydrogen-bond acceptors (Lipinski definition) is 2. The standard InChI is InChI=1S/C15H16INO/c16-13-8-6-12(7-9-13)15(17)14(18)10-11-4-2-1-3-5-11/h1-9,14-15,18H,10,17H2/t14-,15+/m0/s1. The number of halogens is 1. The molecule has 0 amide bonds. The molecule has 0 aliphatic heterocycles. The lowest BCUT2D eigenvalue weighted by Crippen LogP contribution is -2.28. The van der Waals surface area contributed by atoms with Crippen LogP contribution in [-0.4, -0.2) is 11.2 Å². The second-order valence-electron chi connectivity index (χ2n) is 4.33. The molecule has 0 aliphatic carbocycles. The van der Waals surface area contributed by atoms with Crippen LogP contribution in [0.5, 0.6) is 0 Å². The molecule has 2 aromatic rings. The van der Waals surface area contributed by atoms with Crippen molar-refractivity contribution in [2.24, 2.45) is 5.73 Å². The molecule has 0 heterocycles.